The van der Waals surface area contributed by atoms with Gasteiger partial charge in [-0.15, -0.1) is 0 Å². The molecule has 5 nitrogen and oxygen atoms in total. The number of aryl methyl sites for hydroxylation is 1. The molecule has 22 heavy (non-hydrogen) atoms. The van der Waals surface area contributed by atoms with Crippen molar-refractivity contribution in [3.8, 4) is 5.75 Å². The first-order valence-electron chi connectivity index (χ1n) is 7.60. The number of carbonyl (C=O) groups excluding carboxylic acids is 1. The summed E-state index contributed by atoms with van der Waals surface area (Å²) in [5.74, 6) is 0.830. The van der Waals surface area contributed by atoms with Gasteiger partial charge in [-0.25, -0.2) is 0 Å². The molecule has 0 saturated carbocycles. The molecule has 5 heteroatoms. The number of aromatic nitrogens is 1. The first kappa shape index (κ1) is 14.9. The van der Waals surface area contributed by atoms with Crippen LogP contribution in [0.3, 0.4) is 0 Å². The Hall–Kier alpha value is -2.01. The Morgan fingerprint density at radius 3 is 2.64 bits per heavy atom. The van der Waals surface area contributed by atoms with Gasteiger partial charge in [0.05, 0.1) is 19.3 Å². The summed E-state index contributed by atoms with van der Waals surface area (Å²) in [5, 5.41) is 1.03. The highest BCUT2D eigenvalue weighted by molar-refractivity contribution is 6.01. The molecule has 1 aliphatic heterocycles. The molecular weight excluding hydrogens is 280 g/mol. The van der Waals surface area contributed by atoms with Crippen LogP contribution in [0.2, 0.25) is 0 Å². The predicted molar refractivity (Wildman–Crippen MR) is 85.5 cm³/mol. The molecule has 2 aromatic rings. The van der Waals surface area contributed by atoms with Crippen LogP contribution in [0, 0.1) is 6.92 Å². The van der Waals surface area contributed by atoms with Crippen molar-refractivity contribution in [2.45, 2.75) is 33.0 Å². The number of aromatic amines is 1. The van der Waals surface area contributed by atoms with Crippen LogP contribution >= 0.6 is 0 Å². The molecule has 1 saturated heterocycles. The average molecular weight is 302 g/mol. The van der Waals surface area contributed by atoms with Crippen molar-refractivity contribution in [2.24, 2.45) is 0 Å². The van der Waals surface area contributed by atoms with Gasteiger partial charge in [0.25, 0.3) is 5.91 Å². The van der Waals surface area contributed by atoms with E-state index < -0.39 is 0 Å². The van der Waals surface area contributed by atoms with Gasteiger partial charge in [0.2, 0.25) is 0 Å². The number of carbonyl (C=O) groups is 1. The van der Waals surface area contributed by atoms with E-state index in [4.69, 9.17) is 9.47 Å². The lowest BCUT2D eigenvalue weighted by Gasteiger charge is -2.35. The second kappa shape index (κ2) is 5.65. The van der Waals surface area contributed by atoms with E-state index >= 15 is 0 Å². The van der Waals surface area contributed by atoms with Gasteiger partial charge in [-0.2, -0.15) is 0 Å². The second-order valence-corrected chi connectivity index (χ2v) is 6.00. The van der Waals surface area contributed by atoms with Gasteiger partial charge >= 0.3 is 0 Å². The molecule has 1 aromatic heterocycles. The Balaban J connectivity index is 1.95. The van der Waals surface area contributed by atoms with E-state index in [-0.39, 0.29) is 18.1 Å². The van der Waals surface area contributed by atoms with Crippen molar-refractivity contribution in [2.75, 3.05) is 20.2 Å². The standard InChI is InChI=1S/C17H22N2O3/c1-10-8-19(9-11(2)22-10)17(20)16-12(3)14-7-13(21-4)5-6-15(14)18-16/h5-7,10-11,18H,8-9H2,1-4H3/t10-,11-/m1/s1. The lowest BCUT2D eigenvalue weighted by atomic mass is 10.1. The molecule has 0 unspecified atom stereocenters. The summed E-state index contributed by atoms with van der Waals surface area (Å²) in [6.07, 6.45) is 0.134. The molecule has 118 valence electrons. The highest BCUT2D eigenvalue weighted by Gasteiger charge is 2.28. The SMILES string of the molecule is COc1ccc2[nH]c(C(=O)N3C[C@@H](C)O[C@H](C)C3)c(C)c2c1. The van der Waals surface area contributed by atoms with E-state index in [1.807, 2.05) is 43.9 Å². The number of morpholine rings is 1. The quantitative estimate of drug-likeness (QED) is 0.928. The Morgan fingerprint density at radius 1 is 1.32 bits per heavy atom. The van der Waals surface area contributed by atoms with Crippen molar-refractivity contribution in [1.82, 2.24) is 9.88 Å². The number of amides is 1. The fourth-order valence-electron chi connectivity index (χ4n) is 3.15. The number of benzene rings is 1. The summed E-state index contributed by atoms with van der Waals surface area (Å²) in [6, 6.07) is 5.80. The molecule has 0 aliphatic carbocycles. The van der Waals surface area contributed by atoms with Crippen LogP contribution in [0.5, 0.6) is 5.75 Å². The smallest absolute Gasteiger partial charge is 0.270 e. The minimum Gasteiger partial charge on any atom is -0.497 e. The van der Waals surface area contributed by atoms with Crippen LogP contribution in [0.15, 0.2) is 18.2 Å². The van der Waals surface area contributed by atoms with Crippen molar-refractivity contribution >= 4 is 16.8 Å². The maximum atomic E-state index is 12.8. The van der Waals surface area contributed by atoms with E-state index in [2.05, 4.69) is 4.98 Å². The van der Waals surface area contributed by atoms with Crippen molar-refractivity contribution in [3.63, 3.8) is 0 Å². The van der Waals surface area contributed by atoms with Crippen LogP contribution in [-0.4, -0.2) is 48.2 Å². The lowest BCUT2D eigenvalue weighted by Crippen LogP contribution is -2.48. The van der Waals surface area contributed by atoms with Gasteiger partial charge in [-0.05, 0) is 44.5 Å². The molecule has 3 rings (SSSR count). The highest BCUT2D eigenvalue weighted by Crippen LogP contribution is 2.27. The minimum atomic E-state index is 0.0367. The Kier molecular flexibility index (Phi) is 3.83. The topological polar surface area (TPSA) is 54.6 Å². The molecule has 1 aromatic carbocycles. The number of hydrogen-bond acceptors (Lipinski definition) is 3. The zero-order chi connectivity index (χ0) is 15.9. The van der Waals surface area contributed by atoms with E-state index in [0.29, 0.717) is 18.8 Å². The average Bonchev–Trinajstić information content (AvgIpc) is 2.82. The molecule has 0 bridgehead atoms. The van der Waals surface area contributed by atoms with Gasteiger partial charge in [0.1, 0.15) is 11.4 Å². The molecule has 1 fully saturated rings. The fourth-order valence-corrected chi connectivity index (χ4v) is 3.15. The van der Waals surface area contributed by atoms with Gasteiger partial charge in [-0.3, -0.25) is 4.79 Å². The first-order valence-corrected chi connectivity index (χ1v) is 7.60. The van der Waals surface area contributed by atoms with E-state index in [1.54, 1.807) is 7.11 Å². The first-order chi connectivity index (χ1) is 10.5. The maximum absolute atomic E-state index is 12.8. The summed E-state index contributed by atoms with van der Waals surface area (Å²) in [5.41, 5.74) is 2.58. The van der Waals surface area contributed by atoms with Crippen LogP contribution in [0.25, 0.3) is 10.9 Å². The second-order valence-electron chi connectivity index (χ2n) is 6.00. The fraction of sp³-hybridized carbons (Fsp3) is 0.471. The van der Waals surface area contributed by atoms with E-state index in [0.717, 1.165) is 22.2 Å². The molecule has 2 atom stereocenters. The summed E-state index contributed by atoms with van der Waals surface area (Å²) >= 11 is 0. The number of H-pyrrole nitrogens is 1. The summed E-state index contributed by atoms with van der Waals surface area (Å²) in [7, 11) is 1.64. The third-order valence-electron chi connectivity index (χ3n) is 4.19. The maximum Gasteiger partial charge on any atom is 0.270 e. The normalized spacial score (nSPS) is 22.1. The Morgan fingerprint density at radius 2 is 2.00 bits per heavy atom. The Bertz CT molecular complexity index is 697. The summed E-state index contributed by atoms with van der Waals surface area (Å²) < 4.78 is 11.0. The number of nitrogens with one attached hydrogen (secondary N) is 1. The number of hydrogen-bond donors (Lipinski definition) is 1. The summed E-state index contributed by atoms with van der Waals surface area (Å²) in [6.45, 7) is 7.22. The molecule has 0 radical (unpaired) electrons. The summed E-state index contributed by atoms with van der Waals surface area (Å²) in [4.78, 5) is 18.0. The zero-order valence-electron chi connectivity index (χ0n) is 13.5. The third kappa shape index (κ3) is 2.57. The largest absolute Gasteiger partial charge is 0.497 e. The number of rotatable bonds is 2. The van der Waals surface area contributed by atoms with Gasteiger partial charge in [-0.1, -0.05) is 0 Å². The molecule has 1 aliphatic rings. The lowest BCUT2D eigenvalue weighted by molar-refractivity contribution is -0.0587. The molecule has 1 N–H and O–H groups in total. The van der Waals surface area contributed by atoms with Gasteiger partial charge < -0.3 is 19.4 Å². The van der Waals surface area contributed by atoms with Crippen LogP contribution < -0.4 is 4.74 Å². The zero-order valence-corrected chi connectivity index (χ0v) is 13.5. The van der Waals surface area contributed by atoms with E-state index in [1.165, 1.54) is 0 Å². The molecule has 2 heterocycles. The minimum absolute atomic E-state index is 0.0367. The van der Waals surface area contributed by atoms with Crippen molar-refractivity contribution in [3.05, 3.63) is 29.5 Å². The molecular formula is C17H22N2O3. The van der Waals surface area contributed by atoms with Gasteiger partial charge in [0.15, 0.2) is 0 Å². The number of ether oxygens (including phenoxy) is 2. The monoisotopic (exact) mass is 302 g/mol. The number of methoxy groups -OCH3 is 1. The van der Waals surface area contributed by atoms with Crippen LogP contribution in [-0.2, 0) is 4.74 Å². The molecule has 0 spiro atoms. The van der Waals surface area contributed by atoms with Crippen LogP contribution in [0.1, 0.15) is 29.9 Å². The van der Waals surface area contributed by atoms with E-state index in [9.17, 15) is 4.79 Å². The number of fused-ring (bicyclic) bond motifs is 1. The molecule has 1 amide bonds. The number of nitrogens with zero attached hydrogens (tertiary/aromatic N) is 1. The van der Waals surface area contributed by atoms with Crippen molar-refractivity contribution in [1.29, 1.82) is 0 Å². The third-order valence-corrected chi connectivity index (χ3v) is 4.19. The van der Waals surface area contributed by atoms with Crippen LogP contribution in [0.4, 0.5) is 0 Å². The van der Waals surface area contributed by atoms with Gasteiger partial charge in [0, 0.05) is 24.0 Å². The highest BCUT2D eigenvalue weighted by atomic mass is 16.5. The predicted octanol–water partition coefficient (Wildman–Crippen LogP) is 2.73. The van der Waals surface area contributed by atoms with Crippen molar-refractivity contribution < 1.29 is 14.3 Å². The Labute approximate surface area is 130 Å².